The molecule has 1 aliphatic carbocycles. The summed E-state index contributed by atoms with van der Waals surface area (Å²) in [5.74, 6) is -0.562. The monoisotopic (exact) mass is 502 g/mol. The Kier molecular flexibility index (Phi) is 5.42. The number of cyclic esters (lactones) is 1. The highest BCUT2D eigenvalue weighted by Crippen LogP contribution is 2.62. The van der Waals surface area contributed by atoms with Crippen LogP contribution in [0.5, 0.6) is 0 Å². The van der Waals surface area contributed by atoms with E-state index in [0.29, 0.717) is 31.6 Å². The lowest BCUT2D eigenvalue weighted by Crippen LogP contribution is -2.36. The number of aromatic nitrogens is 1. The van der Waals surface area contributed by atoms with E-state index in [4.69, 9.17) is 14.6 Å². The molecule has 1 saturated carbocycles. The number of nitriles is 1. The number of ether oxygens (including phenoxy) is 2. The van der Waals surface area contributed by atoms with Crippen molar-refractivity contribution in [3.8, 4) is 17.2 Å². The van der Waals surface area contributed by atoms with E-state index in [0.717, 1.165) is 22.4 Å². The largest absolute Gasteiger partial charge is 0.469 e. The minimum Gasteiger partial charge on any atom is -0.469 e. The minimum absolute atomic E-state index is 0.0340. The number of nitrogens with zero attached hydrogens (tertiary/aromatic N) is 4. The van der Waals surface area contributed by atoms with Crippen molar-refractivity contribution < 1.29 is 29.0 Å². The Morgan fingerprint density at radius 3 is 2.65 bits per heavy atom. The number of aliphatic hydroxyl groups excluding tert-OH is 1. The van der Waals surface area contributed by atoms with E-state index >= 15 is 0 Å². The number of fused-ring (bicyclic) bond motifs is 4. The molecule has 2 amide bonds. The Balaban J connectivity index is 1.18. The molecule has 4 aliphatic rings. The highest BCUT2D eigenvalue weighted by Gasteiger charge is 2.71. The van der Waals surface area contributed by atoms with Gasteiger partial charge < -0.3 is 19.5 Å². The number of carbonyl (C=O) groups excluding carboxylic acids is 3. The summed E-state index contributed by atoms with van der Waals surface area (Å²) >= 11 is 0. The molecule has 1 N–H and O–H groups in total. The van der Waals surface area contributed by atoms with Gasteiger partial charge >= 0.3 is 12.1 Å². The first-order valence-electron chi connectivity index (χ1n) is 12.4. The van der Waals surface area contributed by atoms with Crippen molar-refractivity contribution in [2.75, 3.05) is 31.7 Å². The predicted molar refractivity (Wildman–Crippen MR) is 129 cm³/mol. The number of anilines is 1. The van der Waals surface area contributed by atoms with Crippen molar-refractivity contribution in [2.45, 2.75) is 36.8 Å². The summed E-state index contributed by atoms with van der Waals surface area (Å²) in [5.41, 5.74) is 3.74. The van der Waals surface area contributed by atoms with Gasteiger partial charge in [-0.25, -0.2) is 4.79 Å². The quantitative estimate of drug-likeness (QED) is 0.591. The fourth-order valence-corrected chi connectivity index (χ4v) is 6.41. The number of benzene rings is 1. The number of rotatable bonds is 6. The molecule has 3 aliphatic heterocycles. The summed E-state index contributed by atoms with van der Waals surface area (Å²) in [6.45, 7) is 0.416. The fraction of sp³-hybridized carbons (Fsp3) is 0.444. The maximum absolute atomic E-state index is 12.5. The van der Waals surface area contributed by atoms with E-state index in [-0.39, 0.29) is 42.3 Å². The summed E-state index contributed by atoms with van der Waals surface area (Å²) in [6, 6.07) is 12.1. The normalized spacial score (nSPS) is 28.7. The second-order valence-electron chi connectivity index (χ2n) is 10.1. The number of methoxy groups -OCH3 is 1. The van der Waals surface area contributed by atoms with Gasteiger partial charge in [0.15, 0.2) is 0 Å². The molecule has 1 aromatic carbocycles. The van der Waals surface area contributed by atoms with Crippen LogP contribution in [0, 0.1) is 23.2 Å². The van der Waals surface area contributed by atoms with Crippen molar-refractivity contribution in [1.82, 2.24) is 9.88 Å². The Bertz CT molecular complexity index is 1320. The third-order valence-corrected chi connectivity index (χ3v) is 8.41. The van der Waals surface area contributed by atoms with Gasteiger partial charge in [-0.1, -0.05) is 12.1 Å². The molecule has 0 radical (unpaired) electrons. The van der Waals surface area contributed by atoms with Crippen molar-refractivity contribution in [3.05, 3.63) is 47.8 Å². The molecule has 190 valence electrons. The van der Waals surface area contributed by atoms with Crippen LogP contribution >= 0.6 is 0 Å². The lowest BCUT2D eigenvalue weighted by atomic mass is 9.95. The van der Waals surface area contributed by atoms with Crippen LogP contribution in [0.4, 0.5) is 10.5 Å². The van der Waals surface area contributed by atoms with Gasteiger partial charge in [-0.15, -0.1) is 0 Å². The van der Waals surface area contributed by atoms with Crippen LogP contribution in [-0.2, 0) is 30.9 Å². The number of aliphatic hydroxyl groups is 1. The van der Waals surface area contributed by atoms with Crippen molar-refractivity contribution >= 4 is 23.7 Å². The van der Waals surface area contributed by atoms with Crippen LogP contribution < -0.4 is 4.90 Å². The van der Waals surface area contributed by atoms with Crippen LogP contribution in [0.1, 0.15) is 24.1 Å². The SMILES string of the molecule is COC(=O)CC[C@@H]1OC(=O)N2c3ccc(-c4ccc(C5(C#N)[C@@H]6CN(C(=O)CO)C[C@@H]65)nc4)cc3C[C@@H]12. The smallest absolute Gasteiger partial charge is 0.415 e. The van der Waals surface area contributed by atoms with Gasteiger partial charge in [-0.2, -0.15) is 5.26 Å². The Hall–Kier alpha value is -3.97. The van der Waals surface area contributed by atoms with E-state index in [2.05, 4.69) is 17.1 Å². The molecule has 0 spiro atoms. The third-order valence-electron chi connectivity index (χ3n) is 8.41. The van der Waals surface area contributed by atoms with E-state index in [9.17, 15) is 19.6 Å². The molecule has 1 unspecified atom stereocenters. The van der Waals surface area contributed by atoms with Crippen molar-refractivity contribution in [1.29, 1.82) is 5.26 Å². The van der Waals surface area contributed by atoms with Crippen LogP contribution in [0.3, 0.4) is 0 Å². The number of amides is 2. The number of pyridine rings is 1. The molecular weight excluding hydrogens is 476 g/mol. The average molecular weight is 503 g/mol. The zero-order valence-electron chi connectivity index (χ0n) is 20.3. The Morgan fingerprint density at radius 2 is 2.00 bits per heavy atom. The van der Waals surface area contributed by atoms with E-state index < -0.39 is 18.1 Å². The second-order valence-corrected chi connectivity index (χ2v) is 10.1. The summed E-state index contributed by atoms with van der Waals surface area (Å²) in [5, 5.41) is 19.1. The Labute approximate surface area is 213 Å². The lowest BCUT2D eigenvalue weighted by Gasteiger charge is -2.22. The van der Waals surface area contributed by atoms with Crippen LogP contribution in [-0.4, -0.2) is 71.9 Å². The van der Waals surface area contributed by atoms with Crippen molar-refractivity contribution in [3.63, 3.8) is 0 Å². The highest BCUT2D eigenvalue weighted by atomic mass is 16.6. The van der Waals surface area contributed by atoms with Crippen LogP contribution in [0.15, 0.2) is 36.5 Å². The zero-order chi connectivity index (χ0) is 25.9. The highest BCUT2D eigenvalue weighted by molar-refractivity contribution is 5.94. The van der Waals surface area contributed by atoms with Gasteiger partial charge in [0.2, 0.25) is 5.91 Å². The molecule has 10 nitrogen and oxygen atoms in total. The van der Waals surface area contributed by atoms with Gasteiger partial charge in [-0.3, -0.25) is 19.5 Å². The molecule has 2 aromatic rings. The van der Waals surface area contributed by atoms with Gasteiger partial charge in [0.25, 0.3) is 0 Å². The number of hydrogen-bond donors (Lipinski definition) is 1. The predicted octanol–water partition coefficient (Wildman–Crippen LogP) is 1.79. The molecule has 37 heavy (non-hydrogen) atoms. The summed E-state index contributed by atoms with van der Waals surface area (Å²) < 4.78 is 10.2. The minimum atomic E-state index is -0.688. The summed E-state index contributed by atoms with van der Waals surface area (Å²) in [4.78, 5) is 43.8. The molecule has 2 saturated heterocycles. The Morgan fingerprint density at radius 1 is 1.24 bits per heavy atom. The molecule has 3 fully saturated rings. The lowest BCUT2D eigenvalue weighted by molar-refractivity contribution is -0.141. The number of hydrogen-bond acceptors (Lipinski definition) is 8. The second kappa shape index (κ2) is 8.56. The molecule has 5 atom stereocenters. The maximum Gasteiger partial charge on any atom is 0.415 e. The molecule has 4 heterocycles. The molecule has 10 heteroatoms. The molecule has 1 aromatic heterocycles. The van der Waals surface area contributed by atoms with E-state index in [1.165, 1.54) is 7.11 Å². The topological polar surface area (TPSA) is 133 Å². The first-order valence-corrected chi connectivity index (χ1v) is 12.4. The number of carbonyl (C=O) groups is 3. The van der Waals surface area contributed by atoms with Gasteiger partial charge in [0, 0.05) is 43.1 Å². The third kappa shape index (κ3) is 3.49. The fourth-order valence-electron chi connectivity index (χ4n) is 6.41. The number of likely N-dealkylation sites (tertiary alicyclic amines) is 1. The summed E-state index contributed by atoms with van der Waals surface area (Å²) in [6.07, 6.45) is 2.25. The van der Waals surface area contributed by atoms with Crippen molar-refractivity contribution in [2.24, 2.45) is 11.8 Å². The molecule has 0 bridgehead atoms. The van der Waals surface area contributed by atoms with Gasteiger partial charge in [0.05, 0.1) is 30.6 Å². The van der Waals surface area contributed by atoms with Crippen LogP contribution in [0.2, 0.25) is 0 Å². The number of esters is 1. The summed E-state index contributed by atoms with van der Waals surface area (Å²) in [7, 11) is 1.34. The first-order chi connectivity index (χ1) is 17.9. The molecule has 6 rings (SSSR count). The first kappa shape index (κ1) is 23.4. The average Bonchev–Trinajstić information content (AvgIpc) is 3.29. The van der Waals surface area contributed by atoms with Gasteiger partial charge in [0.1, 0.15) is 18.1 Å². The number of piperidine rings is 1. The standard InChI is InChI=1S/C27H26N4O6/c1-36-25(34)7-5-22-21-9-17-8-15(2-4-20(17)31(21)26(35)37-22)16-3-6-23(29-10-16)27(14-28)18-11-30(12-19(18)27)24(33)13-32/h2-4,6,8,10,18-19,21-22,32H,5,7,9,11-13H2,1H3/t18-,19+,21-,22-,27?/m0/s1. The van der Waals surface area contributed by atoms with E-state index in [1.807, 2.05) is 24.3 Å². The van der Waals surface area contributed by atoms with E-state index in [1.54, 1.807) is 16.0 Å². The van der Waals surface area contributed by atoms with Crippen LogP contribution in [0.25, 0.3) is 11.1 Å². The molecular formula is C27H26N4O6. The van der Waals surface area contributed by atoms with Gasteiger partial charge in [-0.05, 0) is 42.2 Å². The zero-order valence-corrected chi connectivity index (χ0v) is 20.3. The maximum atomic E-state index is 12.5.